The summed E-state index contributed by atoms with van der Waals surface area (Å²) >= 11 is 0. The van der Waals surface area contributed by atoms with E-state index in [1.807, 2.05) is 0 Å². The second-order valence-corrected chi connectivity index (χ2v) is 6.33. The first-order valence-electron chi connectivity index (χ1n) is 9.29. The summed E-state index contributed by atoms with van der Waals surface area (Å²) in [6.07, 6.45) is 5.30. The predicted molar refractivity (Wildman–Crippen MR) is 98.3 cm³/mol. The number of aryl methyl sites for hydroxylation is 1. The molecular formula is C17H33N7. The number of aliphatic imine (C=N–C) groups is 1. The molecular weight excluding hydrogens is 302 g/mol. The monoisotopic (exact) mass is 335 g/mol. The summed E-state index contributed by atoms with van der Waals surface area (Å²) in [7, 11) is 2.14. The molecule has 0 radical (unpaired) electrons. The minimum atomic E-state index is 0.647. The number of nitrogens with one attached hydrogen (secondary N) is 1. The van der Waals surface area contributed by atoms with Gasteiger partial charge in [-0.15, -0.1) is 10.2 Å². The van der Waals surface area contributed by atoms with E-state index < -0.39 is 0 Å². The fraction of sp³-hybridized carbons (Fsp3) is 0.824. The van der Waals surface area contributed by atoms with Gasteiger partial charge in [-0.25, -0.2) is 0 Å². The average molecular weight is 336 g/mol. The van der Waals surface area contributed by atoms with Gasteiger partial charge in [0.05, 0.1) is 6.54 Å². The minimum Gasteiger partial charge on any atom is -0.357 e. The van der Waals surface area contributed by atoms with Crippen molar-refractivity contribution in [2.45, 2.75) is 52.6 Å². The number of likely N-dealkylation sites (N-methyl/N-ethyl adjacent to an activating group) is 2. The highest BCUT2D eigenvalue weighted by Gasteiger charge is 2.24. The van der Waals surface area contributed by atoms with Crippen molar-refractivity contribution in [2.75, 3.05) is 39.8 Å². The van der Waals surface area contributed by atoms with Crippen LogP contribution in [0.25, 0.3) is 0 Å². The Morgan fingerprint density at radius 3 is 2.96 bits per heavy atom. The molecule has 0 bridgehead atoms. The summed E-state index contributed by atoms with van der Waals surface area (Å²) < 4.78 is 2.09. The van der Waals surface area contributed by atoms with Gasteiger partial charge in [0.15, 0.2) is 5.96 Å². The van der Waals surface area contributed by atoms with Crippen LogP contribution in [0.1, 0.15) is 39.4 Å². The largest absolute Gasteiger partial charge is 0.357 e. The van der Waals surface area contributed by atoms with E-state index in [1.165, 1.54) is 19.4 Å². The van der Waals surface area contributed by atoms with E-state index >= 15 is 0 Å². The topological polar surface area (TPSA) is 61.6 Å². The van der Waals surface area contributed by atoms with Crippen LogP contribution in [0.4, 0.5) is 0 Å². The molecule has 0 aliphatic carbocycles. The van der Waals surface area contributed by atoms with Gasteiger partial charge in [0.1, 0.15) is 12.2 Å². The van der Waals surface area contributed by atoms with Crippen LogP contribution in [0.5, 0.6) is 0 Å². The van der Waals surface area contributed by atoms with Gasteiger partial charge in [-0.05, 0) is 32.9 Å². The van der Waals surface area contributed by atoms with Crippen molar-refractivity contribution in [2.24, 2.45) is 4.99 Å². The molecule has 1 aliphatic heterocycles. The molecule has 1 atom stereocenters. The third-order valence-corrected chi connectivity index (χ3v) is 4.70. The van der Waals surface area contributed by atoms with Gasteiger partial charge in [-0.1, -0.05) is 13.8 Å². The van der Waals surface area contributed by atoms with Crippen molar-refractivity contribution >= 4 is 5.96 Å². The van der Waals surface area contributed by atoms with Crippen molar-refractivity contribution in [3.8, 4) is 0 Å². The quantitative estimate of drug-likeness (QED) is 0.572. The maximum absolute atomic E-state index is 4.79. The Labute approximate surface area is 146 Å². The van der Waals surface area contributed by atoms with E-state index in [0.717, 1.165) is 50.9 Å². The van der Waals surface area contributed by atoms with Gasteiger partial charge < -0.3 is 14.8 Å². The van der Waals surface area contributed by atoms with Crippen LogP contribution in [0.3, 0.4) is 0 Å². The molecule has 1 fully saturated rings. The number of hydrogen-bond acceptors (Lipinski definition) is 4. The van der Waals surface area contributed by atoms with Crippen molar-refractivity contribution in [1.29, 1.82) is 0 Å². The number of aromatic nitrogens is 3. The highest BCUT2D eigenvalue weighted by atomic mass is 15.3. The van der Waals surface area contributed by atoms with Gasteiger partial charge >= 0.3 is 0 Å². The Kier molecular flexibility index (Phi) is 7.49. The van der Waals surface area contributed by atoms with E-state index in [0.29, 0.717) is 6.04 Å². The number of likely N-dealkylation sites (tertiary alicyclic amines) is 1. The summed E-state index contributed by atoms with van der Waals surface area (Å²) in [5, 5.41) is 11.5. The standard InChI is InChI=1S/C17H33N7/c1-5-16-21-20-14-24(16)12-10-19-17(18-6-2)22(4)13-15-9-8-11-23(15)7-3/h14-15H,5-13H2,1-4H3,(H,18,19). The Balaban J connectivity index is 1.91. The molecule has 0 spiro atoms. The Morgan fingerprint density at radius 1 is 1.42 bits per heavy atom. The maximum atomic E-state index is 4.79. The lowest BCUT2D eigenvalue weighted by Crippen LogP contribution is -2.46. The molecule has 24 heavy (non-hydrogen) atoms. The number of hydrogen-bond donors (Lipinski definition) is 1. The molecule has 1 saturated heterocycles. The molecule has 1 aromatic heterocycles. The van der Waals surface area contributed by atoms with E-state index in [2.05, 4.69) is 57.7 Å². The second kappa shape index (κ2) is 9.61. The average Bonchev–Trinajstić information content (AvgIpc) is 3.22. The number of guanidine groups is 1. The van der Waals surface area contributed by atoms with Crippen molar-refractivity contribution in [3.63, 3.8) is 0 Å². The van der Waals surface area contributed by atoms with Gasteiger partial charge in [0.2, 0.25) is 0 Å². The zero-order valence-corrected chi connectivity index (χ0v) is 15.7. The van der Waals surface area contributed by atoms with Crippen molar-refractivity contribution in [3.05, 3.63) is 12.2 Å². The Morgan fingerprint density at radius 2 is 2.25 bits per heavy atom. The van der Waals surface area contributed by atoms with E-state index in [-0.39, 0.29) is 0 Å². The van der Waals surface area contributed by atoms with Gasteiger partial charge in [0, 0.05) is 39.1 Å². The van der Waals surface area contributed by atoms with Gasteiger partial charge in [0.25, 0.3) is 0 Å². The highest BCUT2D eigenvalue weighted by molar-refractivity contribution is 5.79. The Hall–Kier alpha value is -1.63. The first-order chi connectivity index (χ1) is 11.7. The predicted octanol–water partition coefficient (Wildman–Crippen LogP) is 1.22. The zero-order chi connectivity index (χ0) is 17.4. The molecule has 0 aromatic carbocycles. The molecule has 1 aliphatic rings. The molecule has 0 amide bonds. The molecule has 136 valence electrons. The van der Waals surface area contributed by atoms with Gasteiger partial charge in [-0.3, -0.25) is 9.89 Å². The number of rotatable bonds is 8. The minimum absolute atomic E-state index is 0.647. The second-order valence-electron chi connectivity index (χ2n) is 6.33. The Bertz CT molecular complexity index is 511. The zero-order valence-electron chi connectivity index (χ0n) is 15.7. The molecule has 2 rings (SSSR count). The number of nitrogens with zero attached hydrogens (tertiary/aromatic N) is 6. The van der Waals surface area contributed by atoms with E-state index in [9.17, 15) is 0 Å². The maximum Gasteiger partial charge on any atom is 0.193 e. The molecule has 1 unspecified atom stereocenters. The molecule has 0 saturated carbocycles. The lowest BCUT2D eigenvalue weighted by atomic mass is 10.2. The summed E-state index contributed by atoms with van der Waals surface area (Å²) in [5.41, 5.74) is 0. The molecule has 2 heterocycles. The highest BCUT2D eigenvalue weighted by Crippen LogP contribution is 2.17. The summed E-state index contributed by atoms with van der Waals surface area (Å²) in [4.78, 5) is 9.64. The third-order valence-electron chi connectivity index (χ3n) is 4.70. The summed E-state index contributed by atoms with van der Waals surface area (Å²) in [5.74, 6) is 2.01. The fourth-order valence-electron chi connectivity index (χ4n) is 3.39. The lowest BCUT2D eigenvalue weighted by molar-refractivity contribution is 0.232. The van der Waals surface area contributed by atoms with Crippen LogP contribution in [-0.2, 0) is 13.0 Å². The first kappa shape index (κ1) is 18.7. The lowest BCUT2D eigenvalue weighted by Gasteiger charge is -2.29. The van der Waals surface area contributed by atoms with E-state index in [4.69, 9.17) is 4.99 Å². The van der Waals surface area contributed by atoms with Crippen LogP contribution in [0.2, 0.25) is 0 Å². The SMILES string of the molecule is CCNC(=NCCn1cnnc1CC)N(C)CC1CCCN1CC. The van der Waals surface area contributed by atoms with Crippen molar-refractivity contribution < 1.29 is 0 Å². The van der Waals surface area contributed by atoms with Crippen molar-refractivity contribution in [1.82, 2.24) is 29.9 Å². The summed E-state index contributed by atoms with van der Waals surface area (Å²) in [6.45, 7) is 12.3. The van der Waals surface area contributed by atoms with Crippen LogP contribution in [0, 0.1) is 0 Å². The molecule has 7 nitrogen and oxygen atoms in total. The normalized spacial score (nSPS) is 19.0. The molecule has 1 N–H and O–H groups in total. The summed E-state index contributed by atoms with van der Waals surface area (Å²) in [6, 6.07) is 0.647. The molecule has 7 heteroatoms. The van der Waals surface area contributed by atoms with Crippen LogP contribution in [-0.4, -0.2) is 76.3 Å². The first-order valence-corrected chi connectivity index (χ1v) is 9.29. The third kappa shape index (κ3) is 4.93. The van der Waals surface area contributed by atoms with Crippen LogP contribution in [0.15, 0.2) is 11.3 Å². The van der Waals surface area contributed by atoms with E-state index in [1.54, 1.807) is 6.33 Å². The fourth-order valence-corrected chi connectivity index (χ4v) is 3.39. The smallest absolute Gasteiger partial charge is 0.193 e. The van der Waals surface area contributed by atoms with Gasteiger partial charge in [-0.2, -0.15) is 0 Å². The molecule has 1 aromatic rings. The van der Waals surface area contributed by atoms with Crippen LogP contribution < -0.4 is 5.32 Å². The van der Waals surface area contributed by atoms with Crippen LogP contribution >= 0.6 is 0 Å².